The highest BCUT2D eigenvalue weighted by Crippen LogP contribution is 2.18. The van der Waals surface area contributed by atoms with Crippen molar-refractivity contribution in [2.24, 2.45) is 0 Å². The predicted octanol–water partition coefficient (Wildman–Crippen LogP) is 2.67. The first-order valence-electron chi connectivity index (χ1n) is 5.12. The van der Waals surface area contributed by atoms with Crippen LogP contribution in [0.1, 0.15) is 10.8 Å². The van der Waals surface area contributed by atoms with Gasteiger partial charge in [-0.15, -0.1) is 22.9 Å². The quantitative estimate of drug-likeness (QED) is 0.683. The van der Waals surface area contributed by atoms with Crippen molar-refractivity contribution in [2.75, 3.05) is 0 Å². The summed E-state index contributed by atoms with van der Waals surface area (Å²) in [6.45, 7) is 0.709. The van der Waals surface area contributed by atoms with Gasteiger partial charge in [0.2, 0.25) is 0 Å². The van der Waals surface area contributed by atoms with Crippen molar-refractivity contribution in [1.29, 1.82) is 0 Å². The fraction of sp³-hybridized carbons (Fsp3) is 0.182. The first-order valence-corrected chi connectivity index (χ1v) is 6.53. The standard InChI is InChI=1S/C11H9ClN4S/c12-5-10-15-8-6-13-2-1-9(8)16(10)7-11-14-3-4-17-11/h1-4,6H,5,7H2. The van der Waals surface area contributed by atoms with Crippen molar-refractivity contribution in [3.8, 4) is 0 Å². The Labute approximate surface area is 107 Å². The molecule has 0 radical (unpaired) electrons. The molecule has 0 saturated carbocycles. The summed E-state index contributed by atoms with van der Waals surface area (Å²) in [5.74, 6) is 1.24. The Kier molecular flexibility index (Phi) is 2.78. The lowest BCUT2D eigenvalue weighted by atomic mass is 10.4. The Balaban J connectivity index is 2.12. The third-order valence-electron chi connectivity index (χ3n) is 2.53. The fourth-order valence-electron chi connectivity index (χ4n) is 1.78. The summed E-state index contributed by atoms with van der Waals surface area (Å²) >= 11 is 7.55. The van der Waals surface area contributed by atoms with Gasteiger partial charge in [-0.3, -0.25) is 4.98 Å². The van der Waals surface area contributed by atoms with Gasteiger partial charge in [-0.05, 0) is 6.07 Å². The molecule has 3 heterocycles. The van der Waals surface area contributed by atoms with E-state index in [1.54, 1.807) is 29.9 Å². The van der Waals surface area contributed by atoms with Gasteiger partial charge >= 0.3 is 0 Å². The van der Waals surface area contributed by atoms with Crippen LogP contribution in [0.4, 0.5) is 0 Å². The van der Waals surface area contributed by atoms with E-state index in [0.717, 1.165) is 21.9 Å². The number of pyridine rings is 1. The lowest BCUT2D eigenvalue weighted by Crippen LogP contribution is -2.03. The zero-order chi connectivity index (χ0) is 11.7. The van der Waals surface area contributed by atoms with Crippen molar-refractivity contribution < 1.29 is 0 Å². The summed E-state index contributed by atoms with van der Waals surface area (Å²) in [6.07, 6.45) is 5.32. The van der Waals surface area contributed by atoms with Crippen LogP contribution in [0.3, 0.4) is 0 Å². The number of thiazole rings is 1. The number of rotatable bonds is 3. The molecular formula is C11H9ClN4S. The van der Waals surface area contributed by atoms with Crippen LogP contribution in [-0.4, -0.2) is 19.5 Å². The maximum Gasteiger partial charge on any atom is 0.125 e. The molecule has 0 aliphatic heterocycles. The third-order valence-corrected chi connectivity index (χ3v) is 3.53. The first-order chi connectivity index (χ1) is 8.38. The normalized spacial score (nSPS) is 11.1. The van der Waals surface area contributed by atoms with E-state index in [1.807, 2.05) is 11.4 Å². The molecule has 0 N–H and O–H groups in total. The molecule has 0 spiro atoms. The predicted molar refractivity (Wildman–Crippen MR) is 68.3 cm³/mol. The Morgan fingerprint density at radius 1 is 1.35 bits per heavy atom. The van der Waals surface area contributed by atoms with Crippen molar-refractivity contribution in [3.63, 3.8) is 0 Å². The summed E-state index contributed by atoms with van der Waals surface area (Å²) in [4.78, 5) is 12.8. The Hall–Kier alpha value is -1.46. The van der Waals surface area contributed by atoms with E-state index in [1.165, 1.54) is 0 Å². The Bertz CT molecular complexity index is 632. The molecule has 0 atom stereocenters. The molecular weight excluding hydrogens is 256 g/mol. The number of halogens is 1. The third kappa shape index (κ3) is 1.92. The van der Waals surface area contributed by atoms with Gasteiger partial charge in [-0.25, -0.2) is 9.97 Å². The number of hydrogen-bond acceptors (Lipinski definition) is 4. The molecule has 0 bridgehead atoms. The second kappa shape index (κ2) is 4.43. The zero-order valence-corrected chi connectivity index (χ0v) is 10.4. The fourth-order valence-corrected chi connectivity index (χ4v) is 2.58. The maximum absolute atomic E-state index is 5.92. The summed E-state index contributed by atoms with van der Waals surface area (Å²) in [6, 6.07) is 1.95. The van der Waals surface area contributed by atoms with Crippen LogP contribution < -0.4 is 0 Å². The summed E-state index contributed by atoms with van der Waals surface area (Å²) in [5, 5.41) is 3.02. The minimum Gasteiger partial charge on any atom is -0.320 e. The number of fused-ring (bicyclic) bond motifs is 1. The minimum atomic E-state index is 0.389. The molecule has 86 valence electrons. The summed E-state index contributed by atoms with van der Waals surface area (Å²) in [5.41, 5.74) is 1.92. The average Bonchev–Trinajstić information content (AvgIpc) is 2.98. The monoisotopic (exact) mass is 264 g/mol. The largest absolute Gasteiger partial charge is 0.320 e. The summed E-state index contributed by atoms with van der Waals surface area (Å²) in [7, 11) is 0. The van der Waals surface area contributed by atoms with Gasteiger partial charge in [0.05, 0.1) is 24.1 Å². The number of nitrogens with zero attached hydrogens (tertiary/aromatic N) is 4. The minimum absolute atomic E-state index is 0.389. The molecule has 0 aliphatic rings. The molecule has 17 heavy (non-hydrogen) atoms. The highest BCUT2D eigenvalue weighted by Gasteiger charge is 2.10. The van der Waals surface area contributed by atoms with Crippen LogP contribution in [0, 0.1) is 0 Å². The molecule has 3 aromatic rings. The maximum atomic E-state index is 5.92. The van der Waals surface area contributed by atoms with Gasteiger partial charge in [0.15, 0.2) is 0 Å². The zero-order valence-electron chi connectivity index (χ0n) is 8.88. The Morgan fingerprint density at radius 2 is 2.29 bits per heavy atom. The van der Waals surface area contributed by atoms with Gasteiger partial charge in [0, 0.05) is 17.8 Å². The van der Waals surface area contributed by atoms with E-state index >= 15 is 0 Å². The molecule has 0 fully saturated rings. The van der Waals surface area contributed by atoms with Crippen molar-refractivity contribution in [2.45, 2.75) is 12.4 Å². The number of alkyl halides is 1. The average molecular weight is 265 g/mol. The van der Waals surface area contributed by atoms with Crippen molar-refractivity contribution in [3.05, 3.63) is 40.9 Å². The van der Waals surface area contributed by atoms with Crippen molar-refractivity contribution >= 4 is 34.0 Å². The van der Waals surface area contributed by atoms with Gasteiger partial charge < -0.3 is 4.57 Å². The molecule has 3 aromatic heterocycles. The highest BCUT2D eigenvalue weighted by molar-refractivity contribution is 7.09. The SMILES string of the molecule is ClCc1nc2cnccc2n1Cc1nccs1. The topological polar surface area (TPSA) is 43.6 Å². The number of aromatic nitrogens is 4. The smallest absolute Gasteiger partial charge is 0.125 e. The van der Waals surface area contributed by atoms with E-state index in [0.29, 0.717) is 12.4 Å². The molecule has 3 rings (SSSR count). The van der Waals surface area contributed by atoms with Crippen LogP contribution in [-0.2, 0) is 12.4 Å². The van der Waals surface area contributed by atoms with E-state index < -0.39 is 0 Å². The van der Waals surface area contributed by atoms with Crippen LogP contribution in [0.15, 0.2) is 30.0 Å². The van der Waals surface area contributed by atoms with E-state index in [9.17, 15) is 0 Å². The highest BCUT2D eigenvalue weighted by atomic mass is 35.5. The van der Waals surface area contributed by atoms with Crippen LogP contribution in [0.2, 0.25) is 0 Å². The van der Waals surface area contributed by atoms with Gasteiger partial charge in [-0.2, -0.15) is 0 Å². The first kappa shape index (κ1) is 10.7. The molecule has 0 aliphatic carbocycles. The van der Waals surface area contributed by atoms with Gasteiger partial charge in [-0.1, -0.05) is 0 Å². The van der Waals surface area contributed by atoms with Gasteiger partial charge in [0.25, 0.3) is 0 Å². The molecule has 0 aromatic carbocycles. The van der Waals surface area contributed by atoms with Gasteiger partial charge in [0.1, 0.15) is 16.3 Å². The number of imidazole rings is 1. The second-order valence-corrected chi connectivity index (χ2v) is 4.78. The molecule has 0 amide bonds. The molecule has 6 heteroatoms. The number of hydrogen-bond donors (Lipinski definition) is 0. The molecule has 0 saturated heterocycles. The lowest BCUT2D eigenvalue weighted by molar-refractivity contribution is 0.773. The van der Waals surface area contributed by atoms with Crippen molar-refractivity contribution in [1.82, 2.24) is 19.5 Å². The second-order valence-electron chi connectivity index (χ2n) is 3.54. The van der Waals surface area contributed by atoms with E-state index in [2.05, 4.69) is 19.5 Å². The molecule has 0 unspecified atom stereocenters. The van der Waals surface area contributed by atoms with Crippen LogP contribution in [0.25, 0.3) is 11.0 Å². The van der Waals surface area contributed by atoms with E-state index in [4.69, 9.17) is 11.6 Å². The van der Waals surface area contributed by atoms with Crippen LogP contribution in [0.5, 0.6) is 0 Å². The van der Waals surface area contributed by atoms with Crippen LogP contribution >= 0.6 is 22.9 Å². The summed E-state index contributed by atoms with van der Waals surface area (Å²) < 4.78 is 2.09. The van der Waals surface area contributed by atoms with E-state index in [-0.39, 0.29) is 0 Å². The molecule has 4 nitrogen and oxygen atoms in total. The lowest BCUT2D eigenvalue weighted by Gasteiger charge is -2.04. The Morgan fingerprint density at radius 3 is 3.06 bits per heavy atom.